The summed E-state index contributed by atoms with van der Waals surface area (Å²) in [5.41, 5.74) is 6.21. The summed E-state index contributed by atoms with van der Waals surface area (Å²) in [5, 5.41) is 37.4. The molecule has 1 aromatic carbocycles. The van der Waals surface area contributed by atoms with Gasteiger partial charge in [-0.15, -0.1) is 0 Å². The summed E-state index contributed by atoms with van der Waals surface area (Å²) in [6, 6.07) is 0. The zero-order chi connectivity index (χ0) is 24.7. The van der Waals surface area contributed by atoms with Crippen molar-refractivity contribution in [1.82, 2.24) is 4.90 Å². The number of hydrogen-bond donors (Lipinski definition) is 5. The van der Waals surface area contributed by atoms with Gasteiger partial charge in [-0.25, -0.2) is 0 Å². The van der Waals surface area contributed by atoms with Gasteiger partial charge < -0.3 is 36.0 Å². The lowest BCUT2D eigenvalue weighted by Gasteiger charge is -2.28. The minimum Gasteiger partial charge on any atom is -0.394 e. The van der Waals surface area contributed by atoms with Crippen LogP contribution in [-0.4, -0.2) is 88.6 Å². The van der Waals surface area contributed by atoms with Gasteiger partial charge in [-0.1, -0.05) is 0 Å². The van der Waals surface area contributed by atoms with Crippen molar-refractivity contribution in [2.24, 2.45) is 5.73 Å². The lowest BCUT2D eigenvalue weighted by molar-refractivity contribution is -0.116. The summed E-state index contributed by atoms with van der Waals surface area (Å²) in [4.78, 5) is 40.6. The van der Waals surface area contributed by atoms with Crippen molar-refractivity contribution in [3.63, 3.8) is 0 Å². The first-order valence-corrected chi connectivity index (χ1v) is 12.7. The summed E-state index contributed by atoms with van der Waals surface area (Å²) < 4.78 is 1.16. The van der Waals surface area contributed by atoms with Crippen LogP contribution >= 0.6 is 67.8 Å². The van der Waals surface area contributed by atoms with Crippen LogP contribution in [0.2, 0.25) is 0 Å². The van der Waals surface area contributed by atoms with Crippen LogP contribution in [0.3, 0.4) is 0 Å². The number of hydrogen-bond acceptors (Lipinski definition) is 7. The van der Waals surface area contributed by atoms with Gasteiger partial charge >= 0.3 is 0 Å². The number of halogens is 3. The molecule has 180 valence electrons. The van der Waals surface area contributed by atoms with Gasteiger partial charge in [0.15, 0.2) is 0 Å². The summed E-state index contributed by atoms with van der Waals surface area (Å²) in [7, 11) is 1.45. The van der Waals surface area contributed by atoms with Crippen molar-refractivity contribution >= 4 is 91.2 Å². The normalized spacial score (nSPS) is 12.9. The number of anilines is 1. The largest absolute Gasteiger partial charge is 0.394 e. The summed E-state index contributed by atoms with van der Waals surface area (Å²) in [6.45, 7) is 0.485. The molecule has 13 heteroatoms. The number of aliphatic hydroxyl groups excluding tert-OH is 4. The van der Waals surface area contributed by atoms with Gasteiger partial charge in [-0.2, -0.15) is 0 Å². The molecule has 0 aromatic heterocycles. The third kappa shape index (κ3) is 7.33. The van der Waals surface area contributed by atoms with Gasteiger partial charge in [0.2, 0.25) is 5.91 Å². The minimum absolute atomic E-state index is 0.0997. The van der Waals surface area contributed by atoms with Crippen molar-refractivity contribution in [3.8, 4) is 0 Å². The van der Waals surface area contributed by atoms with Crippen LogP contribution in [0.1, 0.15) is 40.5 Å². The number of amides is 3. The zero-order valence-electron chi connectivity index (χ0n) is 17.5. The zero-order valence-corrected chi connectivity index (χ0v) is 24.0. The highest BCUT2D eigenvalue weighted by Crippen LogP contribution is 2.38. The fraction of sp³-hybridized carbons (Fsp3) is 0.526. The van der Waals surface area contributed by atoms with E-state index in [0.29, 0.717) is 22.8 Å². The first-order chi connectivity index (χ1) is 14.9. The van der Waals surface area contributed by atoms with Gasteiger partial charge in [0, 0.05) is 30.6 Å². The molecule has 0 spiro atoms. The fourth-order valence-electron chi connectivity index (χ4n) is 2.94. The van der Waals surface area contributed by atoms with Crippen LogP contribution in [-0.2, 0) is 4.79 Å². The number of benzene rings is 1. The Kier molecular flexibility index (Phi) is 12.5. The Morgan fingerprint density at radius 1 is 0.969 bits per heavy atom. The number of nitrogens with zero attached hydrogens (tertiary/aromatic N) is 2. The molecule has 0 aliphatic carbocycles. The predicted molar refractivity (Wildman–Crippen MR) is 144 cm³/mol. The molecule has 0 heterocycles. The maximum absolute atomic E-state index is 13.2. The van der Waals surface area contributed by atoms with E-state index in [1.54, 1.807) is 0 Å². The molecule has 6 N–H and O–H groups in total. The third-order valence-corrected chi connectivity index (χ3v) is 7.76. The van der Waals surface area contributed by atoms with Crippen molar-refractivity contribution in [2.75, 3.05) is 38.3 Å². The van der Waals surface area contributed by atoms with E-state index in [0.717, 1.165) is 0 Å². The number of carbonyl (C=O) groups is 3. The van der Waals surface area contributed by atoms with E-state index in [9.17, 15) is 24.6 Å². The summed E-state index contributed by atoms with van der Waals surface area (Å²) in [5.74, 6) is -1.60. The smallest absolute Gasteiger partial charge is 0.255 e. The standard InChI is InChI=1S/C19H26I3N3O7/c1-9(28)25(5-3-4-10(29)7-26)17-15(21)12(18(23)31)14(20)13(16(17)22)19(32)24(2)6-11(30)8-27/h10-11,26-27,29-30H,3-8H2,1-2H3,(H2,23,31). The number of likely N-dealkylation sites (N-methyl/N-ethyl adjacent to an activating group) is 1. The van der Waals surface area contributed by atoms with Crippen LogP contribution in [0.4, 0.5) is 5.69 Å². The highest BCUT2D eigenvalue weighted by atomic mass is 127. The van der Waals surface area contributed by atoms with E-state index < -0.39 is 37.2 Å². The topological polar surface area (TPSA) is 165 Å². The van der Waals surface area contributed by atoms with Crippen molar-refractivity contribution < 1.29 is 34.8 Å². The lowest BCUT2D eigenvalue weighted by atomic mass is 10.1. The van der Waals surface area contributed by atoms with Gasteiger partial charge in [-0.3, -0.25) is 14.4 Å². The molecule has 0 bridgehead atoms. The molecule has 1 aromatic rings. The average molecular weight is 789 g/mol. The monoisotopic (exact) mass is 789 g/mol. The molecule has 32 heavy (non-hydrogen) atoms. The minimum atomic E-state index is -1.13. The van der Waals surface area contributed by atoms with Crippen LogP contribution in [0.25, 0.3) is 0 Å². The van der Waals surface area contributed by atoms with E-state index in [4.69, 9.17) is 15.9 Å². The maximum Gasteiger partial charge on any atom is 0.255 e. The molecule has 0 fully saturated rings. The number of aliphatic hydroxyl groups is 4. The van der Waals surface area contributed by atoms with Gasteiger partial charge in [0.1, 0.15) is 0 Å². The highest BCUT2D eigenvalue weighted by molar-refractivity contribution is 14.1. The van der Waals surface area contributed by atoms with Gasteiger partial charge in [0.05, 0.1) is 49.4 Å². The Labute approximate surface area is 226 Å². The van der Waals surface area contributed by atoms with Crippen LogP contribution in [0.5, 0.6) is 0 Å². The summed E-state index contributed by atoms with van der Waals surface area (Å²) >= 11 is 5.73. The quantitative estimate of drug-likeness (QED) is 0.204. The fourth-order valence-corrected chi connectivity index (χ4v) is 7.68. The molecule has 0 saturated heterocycles. The Morgan fingerprint density at radius 2 is 1.50 bits per heavy atom. The van der Waals surface area contributed by atoms with Gasteiger partial charge in [0.25, 0.3) is 11.8 Å². The maximum atomic E-state index is 13.2. The first kappa shape index (κ1) is 29.7. The van der Waals surface area contributed by atoms with E-state index in [2.05, 4.69) is 0 Å². The molecular formula is C19H26I3N3O7. The molecule has 10 nitrogen and oxygen atoms in total. The van der Waals surface area contributed by atoms with E-state index >= 15 is 0 Å². The summed E-state index contributed by atoms with van der Waals surface area (Å²) in [6.07, 6.45) is -1.42. The Morgan fingerprint density at radius 3 is 1.97 bits per heavy atom. The highest BCUT2D eigenvalue weighted by Gasteiger charge is 2.31. The molecule has 3 amide bonds. The van der Waals surface area contributed by atoms with Crippen LogP contribution < -0.4 is 10.6 Å². The molecule has 2 atom stereocenters. The number of nitrogens with two attached hydrogens (primary N) is 1. The molecule has 1 rings (SSSR count). The Balaban J connectivity index is 3.62. The molecule has 0 aliphatic heterocycles. The SMILES string of the molecule is CC(=O)N(CCCC(O)CO)c1c(I)c(C(N)=O)c(I)c(C(=O)N(C)CC(O)CO)c1I. The van der Waals surface area contributed by atoms with Crippen molar-refractivity contribution in [1.29, 1.82) is 0 Å². The van der Waals surface area contributed by atoms with Crippen molar-refractivity contribution in [3.05, 3.63) is 21.8 Å². The number of rotatable bonds is 11. The Hall–Kier alpha value is -0.340. The molecule has 0 aliphatic rings. The number of carbonyl (C=O) groups excluding carboxylic acids is 3. The Bertz CT molecular complexity index is 869. The lowest BCUT2D eigenvalue weighted by Crippen LogP contribution is -2.38. The predicted octanol–water partition coefficient (Wildman–Crippen LogP) is 0.511. The van der Waals surface area contributed by atoms with E-state index in [1.165, 1.54) is 23.8 Å². The molecular weight excluding hydrogens is 763 g/mol. The second-order valence-corrected chi connectivity index (χ2v) is 10.3. The van der Waals surface area contributed by atoms with E-state index in [-0.39, 0.29) is 36.5 Å². The first-order valence-electron chi connectivity index (χ1n) is 9.50. The second kappa shape index (κ2) is 13.5. The van der Waals surface area contributed by atoms with E-state index in [1.807, 2.05) is 67.8 Å². The van der Waals surface area contributed by atoms with Gasteiger partial charge in [-0.05, 0) is 80.6 Å². The molecule has 0 radical (unpaired) electrons. The number of primary amides is 1. The molecule has 2 unspecified atom stereocenters. The molecule has 0 saturated carbocycles. The van der Waals surface area contributed by atoms with Crippen LogP contribution in [0.15, 0.2) is 0 Å². The average Bonchev–Trinajstić information content (AvgIpc) is 2.71. The second-order valence-electron chi connectivity index (χ2n) is 7.08. The van der Waals surface area contributed by atoms with Crippen molar-refractivity contribution in [2.45, 2.75) is 32.0 Å². The third-order valence-electron chi connectivity index (χ3n) is 4.58. The van der Waals surface area contributed by atoms with Crippen LogP contribution in [0, 0.1) is 10.7 Å².